The summed E-state index contributed by atoms with van der Waals surface area (Å²) in [6.07, 6.45) is 3.68. The summed E-state index contributed by atoms with van der Waals surface area (Å²) in [5.41, 5.74) is 1.46. The van der Waals surface area contributed by atoms with Gasteiger partial charge in [-0.1, -0.05) is 30.3 Å². The van der Waals surface area contributed by atoms with E-state index in [0.29, 0.717) is 6.61 Å². The summed E-state index contributed by atoms with van der Waals surface area (Å²) in [5, 5.41) is 3.40. The van der Waals surface area contributed by atoms with Crippen molar-refractivity contribution in [2.75, 3.05) is 39.9 Å². The number of hydrogen-bond donors (Lipinski definition) is 1. The Morgan fingerprint density at radius 3 is 2.57 bits per heavy atom. The number of hydrogen-bond acceptors (Lipinski definition) is 2. The molecule has 1 aromatic rings. The number of benzene rings is 1. The molecule has 5 heteroatoms. The van der Waals surface area contributed by atoms with E-state index in [2.05, 4.69) is 52.5 Å². The van der Waals surface area contributed by atoms with Crippen molar-refractivity contribution in [3.05, 3.63) is 35.9 Å². The van der Waals surface area contributed by atoms with Gasteiger partial charge in [0.25, 0.3) is 0 Å². The van der Waals surface area contributed by atoms with Crippen LogP contribution >= 0.6 is 24.0 Å². The Labute approximate surface area is 157 Å². The Bertz CT molecular complexity index is 445. The summed E-state index contributed by atoms with van der Waals surface area (Å²) >= 11 is 0. The number of methoxy groups -OCH3 is 1. The van der Waals surface area contributed by atoms with E-state index < -0.39 is 0 Å². The fourth-order valence-electron chi connectivity index (χ4n) is 2.96. The molecule has 0 amide bonds. The molecule has 0 radical (unpaired) electrons. The number of nitrogens with zero attached hydrogens (tertiary/aromatic N) is 2. The van der Waals surface area contributed by atoms with Gasteiger partial charge in [-0.25, -0.2) is 0 Å². The molecule has 1 aliphatic rings. The predicted molar refractivity (Wildman–Crippen MR) is 108 cm³/mol. The van der Waals surface area contributed by atoms with Crippen LogP contribution in [0.4, 0.5) is 0 Å². The molecule has 0 bridgehead atoms. The molecule has 1 saturated heterocycles. The second-order valence-electron chi connectivity index (χ2n) is 5.85. The molecular formula is C18H30IN3O. The molecule has 0 aromatic heterocycles. The van der Waals surface area contributed by atoms with E-state index in [1.165, 1.54) is 24.8 Å². The molecule has 0 saturated carbocycles. The molecule has 1 N–H and O–H groups in total. The summed E-state index contributed by atoms with van der Waals surface area (Å²) in [6, 6.07) is 10.8. The van der Waals surface area contributed by atoms with Crippen LogP contribution in [0.3, 0.4) is 0 Å². The molecule has 1 aliphatic heterocycles. The largest absolute Gasteiger partial charge is 0.383 e. The molecule has 4 nitrogen and oxygen atoms in total. The first-order valence-electron chi connectivity index (χ1n) is 8.39. The summed E-state index contributed by atoms with van der Waals surface area (Å²) in [5.74, 6) is 1.83. The minimum Gasteiger partial charge on any atom is -0.383 e. The first kappa shape index (κ1) is 20.2. The van der Waals surface area contributed by atoms with Crippen molar-refractivity contribution in [2.45, 2.75) is 26.2 Å². The molecule has 0 unspecified atom stereocenters. The van der Waals surface area contributed by atoms with Crippen LogP contribution in [0.2, 0.25) is 0 Å². The highest BCUT2D eigenvalue weighted by Crippen LogP contribution is 2.21. The van der Waals surface area contributed by atoms with E-state index in [-0.39, 0.29) is 24.0 Å². The Kier molecular flexibility index (Phi) is 10.3. The fraction of sp³-hybridized carbons (Fsp3) is 0.611. The molecule has 0 aliphatic carbocycles. The quantitative estimate of drug-likeness (QED) is 0.326. The van der Waals surface area contributed by atoms with Gasteiger partial charge in [0.1, 0.15) is 0 Å². The summed E-state index contributed by atoms with van der Waals surface area (Å²) in [7, 11) is 1.72. The number of halogens is 1. The van der Waals surface area contributed by atoms with Crippen LogP contribution in [0, 0.1) is 5.92 Å². The standard InChI is InChI=1S/C18H29N3O.HI/c1-3-19-18(20-11-14-22-2)21-12-9-17(10-13-21)15-16-7-5-4-6-8-16;/h4-8,17H,3,9-15H2,1-2H3,(H,19,20);1H. The Morgan fingerprint density at radius 1 is 1.26 bits per heavy atom. The lowest BCUT2D eigenvalue weighted by Crippen LogP contribution is -2.46. The summed E-state index contributed by atoms with van der Waals surface area (Å²) < 4.78 is 5.09. The van der Waals surface area contributed by atoms with Gasteiger partial charge in [0.15, 0.2) is 5.96 Å². The minimum absolute atomic E-state index is 0. The van der Waals surface area contributed by atoms with Crippen LogP contribution in [0.15, 0.2) is 35.3 Å². The Balaban J connectivity index is 0.00000264. The molecule has 1 fully saturated rings. The number of piperidine rings is 1. The maximum Gasteiger partial charge on any atom is 0.193 e. The second kappa shape index (κ2) is 11.7. The molecule has 2 rings (SSSR count). The van der Waals surface area contributed by atoms with Crippen molar-refractivity contribution in [3.63, 3.8) is 0 Å². The molecular weight excluding hydrogens is 401 g/mol. The van der Waals surface area contributed by atoms with Crippen molar-refractivity contribution in [2.24, 2.45) is 10.9 Å². The number of likely N-dealkylation sites (tertiary alicyclic amines) is 1. The highest BCUT2D eigenvalue weighted by Gasteiger charge is 2.21. The average molecular weight is 431 g/mol. The zero-order chi connectivity index (χ0) is 15.6. The summed E-state index contributed by atoms with van der Waals surface area (Å²) in [4.78, 5) is 7.03. The van der Waals surface area contributed by atoms with Gasteiger partial charge in [-0.2, -0.15) is 0 Å². The third-order valence-electron chi connectivity index (χ3n) is 4.17. The van der Waals surface area contributed by atoms with Crippen molar-refractivity contribution in [3.8, 4) is 0 Å². The fourth-order valence-corrected chi connectivity index (χ4v) is 2.96. The first-order valence-corrected chi connectivity index (χ1v) is 8.39. The minimum atomic E-state index is 0. The van der Waals surface area contributed by atoms with Gasteiger partial charge in [-0.3, -0.25) is 4.99 Å². The van der Waals surface area contributed by atoms with Crippen LogP contribution in [0.5, 0.6) is 0 Å². The topological polar surface area (TPSA) is 36.9 Å². The predicted octanol–water partition coefficient (Wildman–Crippen LogP) is 3.17. The molecule has 1 heterocycles. The van der Waals surface area contributed by atoms with E-state index in [1.807, 2.05) is 0 Å². The highest BCUT2D eigenvalue weighted by molar-refractivity contribution is 14.0. The van der Waals surface area contributed by atoms with Gasteiger partial charge in [-0.05, 0) is 37.7 Å². The lowest BCUT2D eigenvalue weighted by molar-refractivity contribution is 0.206. The van der Waals surface area contributed by atoms with Gasteiger partial charge < -0.3 is 15.0 Å². The van der Waals surface area contributed by atoms with E-state index in [9.17, 15) is 0 Å². The molecule has 1 aromatic carbocycles. The molecule has 0 atom stereocenters. The van der Waals surface area contributed by atoms with Gasteiger partial charge in [0, 0.05) is 26.7 Å². The zero-order valence-electron chi connectivity index (χ0n) is 14.3. The number of ether oxygens (including phenoxy) is 1. The van der Waals surface area contributed by atoms with E-state index in [4.69, 9.17) is 4.74 Å². The smallest absolute Gasteiger partial charge is 0.193 e. The molecule has 130 valence electrons. The third kappa shape index (κ3) is 7.08. The highest BCUT2D eigenvalue weighted by atomic mass is 127. The normalized spacial score (nSPS) is 16.1. The van der Waals surface area contributed by atoms with Crippen molar-refractivity contribution >= 4 is 29.9 Å². The maximum atomic E-state index is 5.09. The Morgan fingerprint density at radius 2 is 1.96 bits per heavy atom. The van der Waals surface area contributed by atoms with Crippen LogP contribution in [-0.4, -0.2) is 50.8 Å². The first-order chi connectivity index (χ1) is 10.8. The lowest BCUT2D eigenvalue weighted by atomic mass is 9.90. The lowest BCUT2D eigenvalue weighted by Gasteiger charge is -2.34. The second-order valence-corrected chi connectivity index (χ2v) is 5.85. The number of rotatable bonds is 6. The van der Waals surface area contributed by atoms with Gasteiger partial charge >= 0.3 is 0 Å². The van der Waals surface area contributed by atoms with Gasteiger partial charge in [0.05, 0.1) is 13.2 Å². The molecule has 0 spiro atoms. The van der Waals surface area contributed by atoms with Crippen LogP contribution in [0.25, 0.3) is 0 Å². The SMILES string of the molecule is CCNC(=NCCOC)N1CCC(Cc2ccccc2)CC1.I. The zero-order valence-corrected chi connectivity index (χ0v) is 16.7. The van der Waals surface area contributed by atoms with Crippen LogP contribution < -0.4 is 5.32 Å². The number of nitrogens with one attached hydrogen (secondary N) is 1. The van der Waals surface area contributed by atoms with Crippen molar-refractivity contribution in [1.82, 2.24) is 10.2 Å². The monoisotopic (exact) mass is 431 g/mol. The van der Waals surface area contributed by atoms with Crippen molar-refractivity contribution in [1.29, 1.82) is 0 Å². The molecule has 23 heavy (non-hydrogen) atoms. The van der Waals surface area contributed by atoms with Crippen molar-refractivity contribution < 1.29 is 4.74 Å². The van der Waals surface area contributed by atoms with Crippen LogP contribution in [0.1, 0.15) is 25.3 Å². The number of guanidine groups is 1. The maximum absolute atomic E-state index is 5.09. The van der Waals surface area contributed by atoms with E-state index in [0.717, 1.165) is 38.1 Å². The number of aliphatic imine (C=N–C) groups is 1. The van der Waals surface area contributed by atoms with Crippen LogP contribution in [-0.2, 0) is 11.2 Å². The Hall–Kier alpha value is -0.820. The van der Waals surface area contributed by atoms with Gasteiger partial charge in [0.2, 0.25) is 0 Å². The van der Waals surface area contributed by atoms with E-state index in [1.54, 1.807) is 7.11 Å². The van der Waals surface area contributed by atoms with E-state index >= 15 is 0 Å². The average Bonchev–Trinajstić information content (AvgIpc) is 2.56. The summed E-state index contributed by atoms with van der Waals surface area (Å²) in [6.45, 7) is 6.62. The van der Waals surface area contributed by atoms with Gasteiger partial charge in [-0.15, -0.1) is 24.0 Å². The third-order valence-corrected chi connectivity index (χ3v) is 4.17.